The summed E-state index contributed by atoms with van der Waals surface area (Å²) in [6, 6.07) is 0. The van der Waals surface area contributed by atoms with Crippen molar-refractivity contribution < 1.29 is 4.74 Å². The van der Waals surface area contributed by atoms with Crippen molar-refractivity contribution in [3.63, 3.8) is 0 Å². The lowest BCUT2D eigenvalue weighted by molar-refractivity contribution is -0.0948. The van der Waals surface area contributed by atoms with Crippen molar-refractivity contribution in [2.75, 3.05) is 12.3 Å². The molecule has 0 aliphatic heterocycles. The van der Waals surface area contributed by atoms with E-state index in [0.29, 0.717) is 17.8 Å². The van der Waals surface area contributed by atoms with Gasteiger partial charge in [-0.05, 0) is 51.9 Å². The Morgan fingerprint density at radius 1 is 1.10 bits per heavy atom. The number of rotatable bonds is 3. The minimum atomic E-state index is -0.350. The second-order valence-corrected chi connectivity index (χ2v) is 6.73. The predicted molar refractivity (Wildman–Crippen MR) is 81.5 cm³/mol. The molecule has 2 rings (SSSR count). The van der Waals surface area contributed by atoms with Crippen molar-refractivity contribution >= 4 is 5.82 Å². The third-order valence-corrected chi connectivity index (χ3v) is 4.67. The number of aryl methyl sites for hydroxylation is 1. The van der Waals surface area contributed by atoms with Gasteiger partial charge >= 0.3 is 0 Å². The second-order valence-electron chi connectivity index (χ2n) is 6.73. The third kappa shape index (κ3) is 2.80. The highest BCUT2D eigenvalue weighted by molar-refractivity contribution is 5.41. The van der Waals surface area contributed by atoms with Gasteiger partial charge in [0.25, 0.3) is 0 Å². The molecule has 0 saturated heterocycles. The number of nitrogens with two attached hydrogens (primary N) is 1. The zero-order chi connectivity index (χ0) is 15.0. The summed E-state index contributed by atoms with van der Waals surface area (Å²) in [6.45, 7) is 11.3. The van der Waals surface area contributed by atoms with E-state index in [1.54, 1.807) is 0 Å². The Bertz CT molecular complexity index is 463. The summed E-state index contributed by atoms with van der Waals surface area (Å²) in [5.41, 5.74) is 7.98. The van der Waals surface area contributed by atoms with Crippen molar-refractivity contribution in [1.29, 1.82) is 0 Å². The van der Waals surface area contributed by atoms with Crippen LogP contribution in [0.15, 0.2) is 0 Å². The largest absolute Gasteiger partial charge is 0.383 e. The fourth-order valence-corrected chi connectivity index (χ4v) is 2.89. The van der Waals surface area contributed by atoms with Crippen LogP contribution in [-0.4, -0.2) is 16.6 Å². The van der Waals surface area contributed by atoms with Crippen LogP contribution in [0.4, 0.5) is 5.82 Å². The molecule has 0 aromatic carbocycles. The van der Waals surface area contributed by atoms with Crippen LogP contribution in [0.25, 0.3) is 0 Å². The molecule has 1 saturated carbocycles. The van der Waals surface area contributed by atoms with Gasteiger partial charge in [0.2, 0.25) is 0 Å². The van der Waals surface area contributed by atoms with Gasteiger partial charge < -0.3 is 10.5 Å². The van der Waals surface area contributed by atoms with E-state index in [4.69, 9.17) is 10.5 Å². The lowest BCUT2D eigenvalue weighted by Gasteiger charge is -2.42. The lowest BCUT2D eigenvalue weighted by Crippen LogP contribution is -2.39. The Morgan fingerprint density at radius 3 is 2.20 bits per heavy atom. The molecule has 112 valence electrons. The standard InChI is InChI=1S/C16H27N3O/c1-6-20-16(9-7-15(4,5)8-10-16)14-18-12(3)11(2)13(17)19-14/h6-10H2,1-5H3,(H2,17,18,19). The Balaban J connectivity index is 2.39. The molecule has 1 aromatic rings. The highest BCUT2D eigenvalue weighted by atomic mass is 16.5. The van der Waals surface area contributed by atoms with Gasteiger partial charge in [-0.1, -0.05) is 13.8 Å². The Morgan fingerprint density at radius 2 is 1.70 bits per heavy atom. The first-order valence-electron chi connectivity index (χ1n) is 7.55. The van der Waals surface area contributed by atoms with E-state index < -0.39 is 0 Å². The summed E-state index contributed by atoms with van der Waals surface area (Å²) in [5.74, 6) is 1.35. The Kier molecular flexibility index (Phi) is 4.05. The van der Waals surface area contributed by atoms with Crippen LogP contribution in [0.1, 0.15) is 63.5 Å². The molecular weight excluding hydrogens is 250 g/mol. The summed E-state index contributed by atoms with van der Waals surface area (Å²) >= 11 is 0. The minimum Gasteiger partial charge on any atom is -0.383 e. The normalized spacial score (nSPS) is 20.9. The van der Waals surface area contributed by atoms with Crippen molar-refractivity contribution in [2.45, 2.75) is 65.9 Å². The van der Waals surface area contributed by atoms with Gasteiger partial charge in [0.05, 0.1) is 0 Å². The zero-order valence-corrected chi connectivity index (χ0v) is 13.4. The van der Waals surface area contributed by atoms with Crippen LogP contribution >= 0.6 is 0 Å². The number of nitrogen functional groups attached to an aromatic ring is 1. The molecule has 0 amide bonds. The molecule has 1 heterocycles. The quantitative estimate of drug-likeness (QED) is 0.918. The molecule has 1 aromatic heterocycles. The van der Waals surface area contributed by atoms with Gasteiger partial charge in [0.15, 0.2) is 5.82 Å². The third-order valence-electron chi connectivity index (χ3n) is 4.67. The number of hydrogen-bond acceptors (Lipinski definition) is 4. The highest BCUT2D eigenvalue weighted by Gasteiger charge is 2.42. The first-order chi connectivity index (χ1) is 9.30. The lowest BCUT2D eigenvalue weighted by atomic mass is 9.70. The van der Waals surface area contributed by atoms with Crippen LogP contribution in [0.2, 0.25) is 0 Å². The molecule has 4 heteroatoms. The number of hydrogen-bond donors (Lipinski definition) is 1. The molecule has 0 radical (unpaired) electrons. The number of aromatic nitrogens is 2. The molecule has 0 spiro atoms. The van der Waals surface area contributed by atoms with E-state index in [1.165, 1.54) is 0 Å². The average molecular weight is 277 g/mol. The van der Waals surface area contributed by atoms with E-state index in [-0.39, 0.29) is 5.60 Å². The Labute approximate surface area is 122 Å². The molecule has 1 aliphatic carbocycles. The van der Waals surface area contributed by atoms with Crippen molar-refractivity contribution in [2.24, 2.45) is 5.41 Å². The molecule has 4 nitrogen and oxygen atoms in total. The molecule has 1 fully saturated rings. The number of anilines is 1. The molecule has 0 bridgehead atoms. The van der Waals surface area contributed by atoms with Crippen LogP contribution in [0, 0.1) is 19.3 Å². The smallest absolute Gasteiger partial charge is 0.162 e. The number of ether oxygens (including phenoxy) is 1. The molecule has 0 unspecified atom stereocenters. The topological polar surface area (TPSA) is 61.0 Å². The fourth-order valence-electron chi connectivity index (χ4n) is 2.89. The van der Waals surface area contributed by atoms with Crippen LogP contribution < -0.4 is 5.73 Å². The zero-order valence-electron chi connectivity index (χ0n) is 13.4. The average Bonchev–Trinajstić information content (AvgIpc) is 2.38. The highest BCUT2D eigenvalue weighted by Crippen LogP contribution is 2.46. The van der Waals surface area contributed by atoms with E-state index in [0.717, 1.165) is 42.8 Å². The fraction of sp³-hybridized carbons (Fsp3) is 0.750. The van der Waals surface area contributed by atoms with Crippen molar-refractivity contribution in [1.82, 2.24) is 9.97 Å². The van der Waals surface area contributed by atoms with E-state index in [9.17, 15) is 0 Å². The summed E-state index contributed by atoms with van der Waals surface area (Å²) < 4.78 is 6.12. The van der Waals surface area contributed by atoms with E-state index in [1.807, 2.05) is 20.8 Å². The monoisotopic (exact) mass is 277 g/mol. The second kappa shape index (κ2) is 5.32. The summed E-state index contributed by atoms with van der Waals surface area (Å²) in [5, 5.41) is 0. The first-order valence-corrected chi connectivity index (χ1v) is 7.55. The van der Waals surface area contributed by atoms with Gasteiger partial charge in [-0.2, -0.15) is 0 Å². The van der Waals surface area contributed by atoms with Crippen LogP contribution in [-0.2, 0) is 10.3 Å². The predicted octanol–water partition coefficient (Wildman–Crippen LogP) is 3.51. The molecular formula is C16H27N3O. The summed E-state index contributed by atoms with van der Waals surface area (Å²) in [7, 11) is 0. The first kappa shape index (κ1) is 15.2. The van der Waals surface area contributed by atoms with Crippen LogP contribution in [0.3, 0.4) is 0 Å². The maximum atomic E-state index is 6.12. The van der Waals surface area contributed by atoms with Crippen molar-refractivity contribution in [3.05, 3.63) is 17.1 Å². The van der Waals surface area contributed by atoms with Gasteiger partial charge in [-0.25, -0.2) is 9.97 Å². The molecule has 0 atom stereocenters. The minimum absolute atomic E-state index is 0.350. The van der Waals surface area contributed by atoms with Gasteiger partial charge in [0.1, 0.15) is 11.4 Å². The van der Waals surface area contributed by atoms with Gasteiger partial charge in [-0.3, -0.25) is 0 Å². The van der Waals surface area contributed by atoms with E-state index >= 15 is 0 Å². The molecule has 2 N–H and O–H groups in total. The van der Waals surface area contributed by atoms with Crippen LogP contribution in [0.5, 0.6) is 0 Å². The van der Waals surface area contributed by atoms with Gasteiger partial charge in [0, 0.05) is 17.9 Å². The summed E-state index contributed by atoms with van der Waals surface area (Å²) in [6.07, 6.45) is 4.19. The SMILES string of the molecule is CCOC1(c2nc(C)c(C)c(N)n2)CCC(C)(C)CC1. The number of nitrogens with zero attached hydrogens (tertiary/aromatic N) is 2. The maximum absolute atomic E-state index is 6.12. The van der Waals surface area contributed by atoms with Crippen molar-refractivity contribution in [3.8, 4) is 0 Å². The van der Waals surface area contributed by atoms with Gasteiger partial charge in [-0.15, -0.1) is 0 Å². The van der Waals surface area contributed by atoms with E-state index in [2.05, 4.69) is 23.8 Å². The molecule has 1 aliphatic rings. The maximum Gasteiger partial charge on any atom is 0.162 e. The Hall–Kier alpha value is -1.16. The summed E-state index contributed by atoms with van der Waals surface area (Å²) in [4.78, 5) is 9.22. The molecule has 20 heavy (non-hydrogen) atoms.